The summed E-state index contributed by atoms with van der Waals surface area (Å²) < 4.78 is 30.1. The van der Waals surface area contributed by atoms with Crippen molar-refractivity contribution < 1.29 is 28.0 Å². The second-order valence-electron chi connectivity index (χ2n) is 6.58. The highest BCUT2D eigenvalue weighted by Crippen LogP contribution is 2.32. The van der Waals surface area contributed by atoms with Gasteiger partial charge in [-0.2, -0.15) is 0 Å². The van der Waals surface area contributed by atoms with Crippen LogP contribution in [0.5, 0.6) is 5.88 Å². The maximum atomic E-state index is 14.7. The van der Waals surface area contributed by atoms with E-state index in [2.05, 4.69) is 9.68 Å². The van der Waals surface area contributed by atoms with E-state index in [1.54, 1.807) is 30.2 Å². The topological polar surface area (TPSA) is 85.1 Å². The second-order valence-corrected chi connectivity index (χ2v) is 6.58. The van der Waals surface area contributed by atoms with E-state index >= 15 is 0 Å². The molecule has 1 aromatic carbocycles. The summed E-state index contributed by atoms with van der Waals surface area (Å²) in [7, 11) is 0. The van der Waals surface area contributed by atoms with E-state index in [-0.39, 0.29) is 18.9 Å². The number of benzene rings is 1. The van der Waals surface area contributed by atoms with E-state index in [1.807, 2.05) is 0 Å². The Kier molecular flexibility index (Phi) is 4.72. The zero-order chi connectivity index (χ0) is 19.7. The van der Waals surface area contributed by atoms with Gasteiger partial charge >= 0.3 is 6.09 Å². The normalized spacial score (nSPS) is 19.3. The van der Waals surface area contributed by atoms with Gasteiger partial charge in [0.25, 0.3) is 5.88 Å². The van der Waals surface area contributed by atoms with Crippen molar-refractivity contribution in [1.82, 2.24) is 5.16 Å². The number of aryl methyl sites for hydroxylation is 1. The minimum Gasteiger partial charge on any atom is -0.471 e. The van der Waals surface area contributed by atoms with E-state index < -0.39 is 18.0 Å². The van der Waals surface area contributed by atoms with Crippen molar-refractivity contribution in [3.05, 3.63) is 48.1 Å². The van der Waals surface area contributed by atoms with Crippen LogP contribution in [0.2, 0.25) is 0 Å². The zero-order valence-corrected chi connectivity index (χ0v) is 15.1. The van der Waals surface area contributed by atoms with Gasteiger partial charge in [0.2, 0.25) is 0 Å². The first-order valence-electron chi connectivity index (χ1n) is 8.80. The number of nitrogens with zero attached hydrogens (tertiary/aromatic N) is 3. The summed E-state index contributed by atoms with van der Waals surface area (Å²) >= 11 is 0. The Labute approximate surface area is 160 Å². The average molecular weight is 387 g/mol. The fourth-order valence-corrected chi connectivity index (χ4v) is 3.19. The highest BCUT2D eigenvalue weighted by Gasteiger charge is 2.34. The molecule has 0 saturated carbocycles. The molecule has 0 radical (unpaired) electrons. The third kappa shape index (κ3) is 3.55. The Morgan fingerprint density at radius 1 is 1.32 bits per heavy atom. The summed E-state index contributed by atoms with van der Waals surface area (Å²) in [5, 5.41) is 3.63. The molecule has 1 amide bonds. The predicted octanol–water partition coefficient (Wildman–Crippen LogP) is 2.82. The van der Waals surface area contributed by atoms with Gasteiger partial charge in [0, 0.05) is 31.3 Å². The summed E-state index contributed by atoms with van der Waals surface area (Å²) in [6.07, 6.45) is 3.65. The van der Waals surface area contributed by atoms with E-state index in [0.29, 0.717) is 30.2 Å². The lowest BCUT2D eigenvalue weighted by atomic mass is 10.1. The third-order valence-electron chi connectivity index (χ3n) is 4.61. The third-order valence-corrected chi connectivity index (χ3v) is 4.61. The average Bonchev–Trinajstić information content (AvgIpc) is 3.32. The Morgan fingerprint density at radius 3 is 2.89 bits per heavy atom. The molecule has 28 heavy (non-hydrogen) atoms. The Bertz CT molecular complexity index is 928. The van der Waals surface area contributed by atoms with Gasteiger partial charge in [-0.25, -0.2) is 9.18 Å². The molecule has 0 N–H and O–H groups in total. The molecule has 1 fully saturated rings. The van der Waals surface area contributed by atoms with Crippen LogP contribution in [0.15, 0.2) is 41.3 Å². The first kappa shape index (κ1) is 18.0. The summed E-state index contributed by atoms with van der Waals surface area (Å²) in [6.45, 7) is 2.55. The van der Waals surface area contributed by atoms with E-state index in [1.165, 1.54) is 23.3 Å². The highest BCUT2D eigenvalue weighted by atomic mass is 19.1. The number of carbonyl (C=O) groups is 2. The molecule has 3 heterocycles. The van der Waals surface area contributed by atoms with Crippen molar-refractivity contribution in [2.75, 3.05) is 29.5 Å². The second kappa shape index (κ2) is 7.34. The maximum absolute atomic E-state index is 14.7. The van der Waals surface area contributed by atoms with E-state index in [4.69, 9.17) is 9.47 Å². The maximum Gasteiger partial charge on any atom is 0.414 e. The van der Waals surface area contributed by atoms with Gasteiger partial charge in [-0.1, -0.05) is 0 Å². The SMILES string of the molecule is Cc1cc(N2C=CC(=O)CC2)c(F)cc1N1C[C@H](COc2ccon2)OC1=O. The van der Waals surface area contributed by atoms with Crippen molar-refractivity contribution >= 4 is 23.3 Å². The lowest BCUT2D eigenvalue weighted by Gasteiger charge is -2.25. The van der Waals surface area contributed by atoms with Gasteiger partial charge < -0.3 is 18.9 Å². The number of hydrogen-bond acceptors (Lipinski definition) is 7. The molecule has 0 unspecified atom stereocenters. The van der Waals surface area contributed by atoms with Crippen LogP contribution in [0.1, 0.15) is 12.0 Å². The molecule has 146 valence electrons. The summed E-state index contributed by atoms with van der Waals surface area (Å²) in [5.41, 5.74) is 1.52. The number of ketones is 1. The molecular formula is C19H18FN3O5. The van der Waals surface area contributed by atoms with Crippen molar-refractivity contribution in [3.8, 4) is 5.88 Å². The molecular weight excluding hydrogens is 369 g/mol. The summed E-state index contributed by atoms with van der Waals surface area (Å²) in [4.78, 5) is 26.7. The summed E-state index contributed by atoms with van der Waals surface area (Å²) in [6, 6.07) is 4.53. The van der Waals surface area contributed by atoms with Crippen LogP contribution in [-0.4, -0.2) is 42.8 Å². The number of aromatic nitrogens is 1. The van der Waals surface area contributed by atoms with Crippen molar-refractivity contribution in [3.63, 3.8) is 0 Å². The smallest absolute Gasteiger partial charge is 0.414 e. The molecule has 9 heteroatoms. The lowest BCUT2D eigenvalue weighted by molar-refractivity contribution is -0.114. The molecule has 0 bridgehead atoms. The monoisotopic (exact) mass is 387 g/mol. The van der Waals surface area contributed by atoms with Crippen molar-refractivity contribution in [2.24, 2.45) is 0 Å². The van der Waals surface area contributed by atoms with Gasteiger partial charge in [-0.05, 0) is 29.8 Å². The number of hydrogen-bond donors (Lipinski definition) is 0. The first-order valence-corrected chi connectivity index (χ1v) is 8.80. The van der Waals surface area contributed by atoms with Crippen LogP contribution in [0.3, 0.4) is 0 Å². The van der Waals surface area contributed by atoms with Crippen LogP contribution in [0.4, 0.5) is 20.6 Å². The number of rotatable bonds is 5. The van der Waals surface area contributed by atoms with Crippen LogP contribution >= 0.6 is 0 Å². The Balaban J connectivity index is 1.49. The number of carbonyl (C=O) groups excluding carboxylic acids is 2. The molecule has 2 aliphatic heterocycles. The minimum absolute atomic E-state index is 0.0173. The Morgan fingerprint density at radius 2 is 2.18 bits per heavy atom. The lowest BCUT2D eigenvalue weighted by Crippen LogP contribution is -2.28. The fraction of sp³-hybridized carbons (Fsp3) is 0.316. The van der Waals surface area contributed by atoms with Gasteiger partial charge in [0.15, 0.2) is 11.9 Å². The fourth-order valence-electron chi connectivity index (χ4n) is 3.19. The number of cyclic esters (lactones) is 1. The molecule has 1 saturated heterocycles. The predicted molar refractivity (Wildman–Crippen MR) is 96.9 cm³/mol. The van der Waals surface area contributed by atoms with E-state index in [9.17, 15) is 14.0 Å². The first-order chi connectivity index (χ1) is 13.5. The van der Waals surface area contributed by atoms with Crippen LogP contribution in [0.25, 0.3) is 0 Å². The van der Waals surface area contributed by atoms with Crippen molar-refractivity contribution in [1.29, 1.82) is 0 Å². The van der Waals surface area contributed by atoms with Gasteiger partial charge in [-0.3, -0.25) is 9.69 Å². The van der Waals surface area contributed by atoms with Crippen molar-refractivity contribution in [2.45, 2.75) is 19.4 Å². The number of ether oxygens (including phenoxy) is 2. The molecule has 0 aliphatic carbocycles. The largest absolute Gasteiger partial charge is 0.471 e. The molecule has 0 spiro atoms. The number of allylic oxidation sites excluding steroid dienone is 1. The minimum atomic E-state index is -0.563. The molecule has 8 nitrogen and oxygen atoms in total. The molecule has 4 rings (SSSR count). The Hall–Kier alpha value is -3.36. The summed E-state index contributed by atoms with van der Waals surface area (Å²) in [5.74, 6) is -0.160. The number of amides is 1. The quantitative estimate of drug-likeness (QED) is 0.780. The standard InChI is InChI=1S/C19H18FN3O5/c1-12-8-17(22-5-2-13(24)3-6-22)15(20)9-16(12)23-10-14(28-19(23)25)11-26-18-4-7-27-21-18/h2,4-5,7-9,14H,3,6,10-11H2,1H3/t14-/m1/s1. The number of halogens is 1. The van der Waals surface area contributed by atoms with Crippen LogP contribution in [0, 0.1) is 12.7 Å². The van der Waals surface area contributed by atoms with E-state index in [0.717, 1.165) is 5.56 Å². The highest BCUT2D eigenvalue weighted by molar-refractivity contribution is 5.92. The van der Waals surface area contributed by atoms with Crippen LogP contribution < -0.4 is 14.5 Å². The van der Waals surface area contributed by atoms with Gasteiger partial charge in [-0.15, -0.1) is 0 Å². The number of anilines is 2. The zero-order valence-electron chi connectivity index (χ0n) is 15.1. The molecule has 1 atom stereocenters. The van der Waals surface area contributed by atoms with Crippen LogP contribution in [-0.2, 0) is 9.53 Å². The van der Waals surface area contributed by atoms with Gasteiger partial charge in [0.05, 0.1) is 17.9 Å². The molecule has 1 aromatic heterocycles. The molecule has 2 aliphatic rings. The van der Waals surface area contributed by atoms with Gasteiger partial charge in [0.1, 0.15) is 18.7 Å². The molecule has 2 aromatic rings.